The normalized spacial score (nSPS) is 17.1. The standard InChI is InChI=1S/C18H27N5/c1-3-20-14-21-13-16(17-11-7-8-12-22-17)18(19-2)23-15-9-5-4-6-10-15/h7-8,11-13,15,20,23H,2-6,9-10,14H2,1H3/b18-16-,21-13-. The van der Waals surface area contributed by atoms with Crippen molar-refractivity contribution >= 4 is 18.5 Å². The van der Waals surface area contributed by atoms with Crippen LogP contribution in [0.3, 0.4) is 0 Å². The van der Waals surface area contributed by atoms with E-state index >= 15 is 0 Å². The summed E-state index contributed by atoms with van der Waals surface area (Å²) >= 11 is 0. The van der Waals surface area contributed by atoms with E-state index in [9.17, 15) is 0 Å². The van der Waals surface area contributed by atoms with Crippen LogP contribution in [0.15, 0.2) is 40.2 Å². The van der Waals surface area contributed by atoms with Gasteiger partial charge in [0.25, 0.3) is 0 Å². The number of hydrogen-bond acceptors (Lipinski definition) is 5. The average molecular weight is 313 g/mol. The molecular weight excluding hydrogens is 286 g/mol. The van der Waals surface area contributed by atoms with E-state index in [1.54, 1.807) is 6.20 Å². The molecule has 0 unspecified atom stereocenters. The fraction of sp³-hybridized carbons (Fsp3) is 0.500. The van der Waals surface area contributed by atoms with Gasteiger partial charge in [0.1, 0.15) is 5.82 Å². The second-order valence-corrected chi connectivity index (χ2v) is 5.69. The van der Waals surface area contributed by atoms with E-state index in [0.717, 1.165) is 23.6 Å². The molecule has 1 aromatic heterocycles. The van der Waals surface area contributed by atoms with Gasteiger partial charge in [0, 0.05) is 18.5 Å². The molecule has 0 saturated heterocycles. The number of pyridine rings is 1. The maximum atomic E-state index is 4.44. The van der Waals surface area contributed by atoms with Gasteiger partial charge in [-0.1, -0.05) is 32.3 Å². The molecule has 1 fully saturated rings. The van der Waals surface area contributed by atoms with Crippen LogP contribution in [-0.4, -0.2) is 37.2 Å². The number of aromatic nitrogens is 1. The summed E-state index contributed by atoms with van der Waals surface area (Å²) < 4.78 is 0. The van der Waals surface area contributed by atoms with Crippen molar-refractivity contribution in [2.45, 2.75) is 45.1 Å². The molecule has 5 nitrogen and oxygen atoms in total. The number of hydrogen-bond donors (Lipinski definition) is 2. The third-order valence-corrected chi connectivity index (χ3v) is 3.97. The predicted molar refractivity (Wildman–Crippen MR) is 97.8 cm³/mol. The van der Waals surface area contributed by atoms with Gasteiger partial charge in [-0.25, -0.2) is 4.99 Å². The zero-order valence-electron chi connectivity index (χ0n) is 14.0. The molecule has 5 heteroatoms. The lowest BCUT2D eigenvalue weighted by molar-refractivity contribution is 0.396. The molecule has 2 rings (SSSR count). The van der Waals surface area contributed by atoms with Crippen LogP contribution < -0.4 is 10.6 Å². The summed E-state index contributed by atoms with van der Waals surface area (Å²) in [5.74, 6) is 0.774. The van der Waals surface area contributed by atoms with Gasteiger partial charge in [0.15, 0.2) is 0 Å². The first-order chi connectivity index (χ1) is 11.3. The molecule has 0 amide bonds. The highest BCUT2D eigenvalue weighted by molar-refractivity contribution is 6.10. The number of aliphatic imine (C=N–C) groups is 2. The minimum absolute atomic E-state index is 0.463. The van der Waals surface area contributed by atoms with Gasteiger partial charge in [-0.15, -0.1) is 0 Å². The highest BCUT2D eigenvalue weighted by Crippen LogP contribution is 2.21. The molecule has 0 aliphatic heterocycles. The van der Waals surface area contributed by atoms with E-state index in [0.29, 0.717) is 12.7 Å². The Morgan fingerprint density at radius 3 is 2.83 bits per heavy atom. The molecule has 1 saturated carbocycles. The molecule has 2 N–H and O–H groups in total. The second-order valence-electron chi connectivity index (χ2n) is 5.69. The maximum absolute atomic E-state index is 4.44. The Morgan fingerprint density at radius 1 is 1.35 bits per heavy atom. The Labute approximate surface area is 139 Å². The lowest BCUT2D eigenvalue weighted by Crippen LogP contribution is -2.30. The number of rotatable bonds is 8. The third kappa shape index (κ3) is 5.60. The highest BCUT2D eigenvalue weighted by atomic mass is 15.1. The van der Waals surface area contributed by atoms with Crippen molar-refractivity contribution in [2.24, 2.45) is 9.98 Å². The number of allylic oxidation sites excluding steroid dienone is 1. The van der Waals surface area contributed by atoms with Crippen LogP contribution in [0.25, 0.3) is 5.57 Å². The summed E-state index contributed by atoms with van der Waals surface area (Å²) in [4.78, 5) is 13.1. The average Bonchev–Trinajstić information content (AvgIpc) is 2.62. The van der Waals surface area contributed by atoms with E-state index in [2.05, 4.69) is 39.2 Å². The smallest absolute Gasteiger partial charge is 0.136 e. The summed E-state index contributed by atoms with van der Waals surface area (Å²) in [5.41, 5.74) is 1.75. The quantitative estimate of drug-likeness (QED) is 0.573. The first-order valence-electron chi connectivity index (χ1n) is 8.44. The Balaban J connectivity index is 2.23. The van der Waals surface area contributed by atoms with E-state index in [1.165, 1.54) is 32.1 Å². The fourth-order valence-corrected chi connectivity index (χ4v) is 2.73. The van der Waals surface area contributed by atoms with Crippen LogP contribution >= 0.6 is 0 Å². The van der Waals surface area contributed by atoms with Crippen molar-refractivity contribution in [1.29, 1.82) is 0 Å². The summed E-state index contributed by atoms with van der Waals surface area (Å²) in [5, 5.41) is 6.73. The summed E-state index contributed by atoms with van der Waals surface area (Å²) in [6.07, 6.45) is 9.87. The lowest BCUT2D eigenvalue weighted by Gasteiger charge is -2.24. The van der Waals surface area contributed by atoms with Crippen LogP contribution in [0.1, 0.15) is 44.7 Å². The first-order valence-corrected chi connectivity index (χ1v) is 8.44. The first kappa shape index (κ1) is 17.3. The summed E-state index contributed by atoms with van der Waals surface area (Å²) in [6, 6.07) is 6.32. The van der Waals surface area contributed by atoms with Crippen LogP contribution in [0, 0.1) is 0 Å². The Kier molecular flexibility index (Phi) is 7.46. The van der Waals surface area contributed by atoms with Crippen molar-refractivity contribution in [3.05, 3.63) is 35.9 Å². The zero-order chi connectivity index (χ0) is 16.3. The van der Waals surface area contributed by atoms with Crippen molar-refractivity contribution in [1.82, 2.24) is 15.6 Å². The van der Waals surface area contributed by atoms with Crippen molar-refractivity contribution < 1.29 is 0 Å². The SMILES string of the molecule is C=N/C(NC1CCCCC1)=C(\C=N/CNCC)c1ccccn1. The molecule has 23 heavy (non-hydrogen) atoms. The van der Waals surface area contributed by atoms with Gasteiger partial charge < -0.3 is 5.32 Å². The van der Waals surface area contributed by atoms with Gasteiger partial charge in [0.2, 0.25) is 0 Å². The number of nitrogens with one attached hydrogen (secondary N) is 2. The van der Waals surface area contributed by atoms with Crippen LogP contribution in [0.2, 0.25) is 0 Å². The monoisotopic (exact) mass is 313 g/mol. The van der Waals surface area contributed by atoms with E-state index in [1.807, 2.05) is 24.4 Å². The third-order valence-electron chi connectivity index (χ3n) is 3.97. The molecule has 0 spiro atoms. The minimum atomic E-state index is 0.463. The van der Waals surface area contributed by atoms with Crippen LogP contribution in [0.5, 0.6) is 0 Å². The molecule has 1 aromatic rings. The second kappa shape index (κ2) is 9.90. The van der Waals surface area contributed by atoms with Crippen molar-refractivity contribution in [3.8, 4) is 0 Å². The molecule has 0 bridgehead atoms. The minimum Gasteiger partial charge on any atom is -0.367 e. The topological polar surface area (TPSA) is 61.7 Å². The van der Waals surface area contributed by atoms with Crippen molar-refractivity contribution in [3.63, 3.8) is 0 Å². The van der Waals surface area contributed by atoms with Crippen LogP contribution in [0.4, 0.5) is 0 Å². The Bertz CT molecular complexity index is 530. The predicted octanol–water partition coefficient (Wildman–Crippen LogP) is 3.01. The van der Waals surface area contributed by atoms with E-state index in [-0.39, 0.29) is 0 Å². The largest absolute Gasteiger partial charge is 0.367 e. The van der Waals surface area contributed by atoms with Gasteiger partial charge in [0.05, 0.1) is 17.9 Å². The molecule has 1 heterocycles. The summed E-state index contributed by atoms with van der Waals surface area (Å²) in [7, 11) is 0. The van der Waals surface area contributed by atoms with Gasteiger partial charge in [-0.2, -0.15) is 0 Å². The number of nitrogens with zero attached hydrogens (tertiary/aromatic N) is 3. The molecular formula is C18H27N5. The van der Waals surface area contributed by atoms with Crippen molar-refractivity contribution in [2.75, 3.05) is 13.2 Å². The van der Waals surface area contributed by atoms with E-state index in [4.69, 9.17) is 0 Å². The van der Waals surface area contributed by atoms with E-state index < -0.39 is 0 Å². The lowest BCUT2D eigenvalue weighted by atomic mass is 9.95. The Morgan fingerprint density at radius 2 is 2.17 bits per heavy atom. The highest BCUT2D eigenvalue weighted by Gasteiger charge is 2.16. The van der Waals surface area contributed by atoms with Gasteiger partial charge in [-0.3, -0.25) is 15.3 Å². The zero-order valence-corrected chi connectivity index (χ0v) is 14.0. The van der Waals surface area contributed by atoms with Crippen LogP contribution in [-0.2, 0) is 0 Å². The van der Waals surface area contributed by atoms with Gasteiger partial charge in [-0.05, 0) is 38.2 Å². The fourth-order valence-electron chi connectivity index (χ4n) is 2.73. The molecule has 0 radical (unpaired) electrons. The molecule has 1 aliphatic rings. The van der Waals surface area contributed by atoms with Gasteiger partial charge >= 0.3 is 0 Å². The molecule has 124 valence electrons. The molecule has 1 aliphatic carbocycles. The molecule has 0 aromatic carbocycles. The summed E-state index contributed by atoms with van der Waals surface area (Å²) in [6.45, 7) is 7.28. The molecule has 0 atom stereocenters. The maximum Gasteiger partial charge on any atom is 0.136 e. The Hall–Kier alpha value is -2.01.